The quantitative estimate of drug-likeness (QED) is 0.775. The van der Waals surface area contributed by atoms with E-state index in [9.17, 15) is 5.11 Å². The van der Waals surface area contributed by atoms with Crippen LogP contribution in [0.2, 0.25) is 0 Å². The predicted molar refractivity (Wildman–Crippen MR) is 99.9 cm³/mol. The first-order valence-corrected chi connectivity index (χ1v) is 10.7. The molecular formula is C21H29N5O. The van der Waals surface area contributed by atoms with Crippen molar-refractivity contribution in [2.45, 2.75) is 71.3 Å². The van der Waals surface area contributed by atoms with Crippen LogP contribution in [0.1, 0.15) is 63.6 Å². The molecule has 6 rings (SSSR count). The highest BCUT2D eigenvalue weighted by Gasteiger charge is 2.60. The van der Waals surface area contributed by atoms with Crippen molar-refractivity contribution in [2.75, 3.05) is 0 Å². The number of aromatic nitrogens is 5. The standard InChI is InChI=1S/C21H29N5O/c1-20-8-7-16-14(15(20)5-6-18(20)27)4-3-13-9-17-12(10-21(13,16)2)11-26-19(22-17)23-24-25-26/h11,13-16,18,27H,3-10H2,1-2H3/t13-,14+,15-,16+,18-,20-,21-/m0/s1. The maximum atomic E-state index is 10.7. The summed E-state index contributed by atoms with van der Waals surface area (Å²) in [5.74, 6) is 3.61. The molecule has 0 unspecified atom stereocenters. The lowest BCUT2D eigenvalue weighted by atomic mass is 9.45. The molecule has 0 aromatic carbocycles. The van der Waals surface area contributed by atoms with Gasteiger partial charge in [0.25, 0.3) is 5.78 Å². The molecule has 0 spiro atoms. The summed E-state index contributed by atoms with van der Waals surface area (Å²) in [6, 6.07) is 0. The van der Waals surface area contributed by atoms with Crippen LogP contribution >= 0.6 is 0 Å². The summed E-state index contributed by atoms with van der Waals surface area (Å²) in [5, 5.41) is 22.5. The average molecular weight is 367 g/mol. The molecule has 27 heavy (non-hydrogen) atoms. The third-order valence-corrected chi connectivity index (χ3v) is 9.39. The van der Waals surface area contributed by atoms with Gasteiger partial charge in [0, 0.05) is 11.9 Å². The summed E-state index contributed by atoms with van der Waals surface area (Å²) >= 11 is 0. The van der Waals surface area contributed by atoms with E-state index in [0.29, 0.717) is 23.0 Å². The highest BCUT2D eigenvalue weighted by Crippen LogP contribution is 2.65. The zero-order valence-corrected chi connectivity index (χ0v) is 16.3. The van der Waals surface area contributed by atoms with Crippen molar-refractivity contribution in [3.05, 3.63) is 17.5 Å². The Kier molecular flexibility index (Phi) is 3.21. The molecule has 4 aliphatic carbocycles. The molecule has 3 fully saturated rings. The molecule has 6 heteroatoms. The Balaban J connectivity index is 1.38. The van der Waals surface area contributed by atoms with E-state index in [4.69, 9.17) is 4.98 Å². The van der Waals surface area contributed by atoms with Gasteiger partial charge in [-0.3, -0.25) is 0 Å². The van der Waals surface area contributed by atoms with Gasteiger partial charge in [-0.25, -0.2) is 4.98 Å². The topological polar surface area (TPSA) is 76.2 Å². The molecule has 7 atom stereocenters. The molecule has 0 amide bonds. The Morgan fingerprint density at radius 1 is 1.07 bits per heavy atom. The van der Waals surface area contributed by atoms with E-state index in [0.717, 1.165) is 31.1 Å². The summed E-state index contributed by atoms with van der Waals surface area (Å²) < 4.78 is 1.73. The largest absolute Gasteiger partial charge is 0.393 e. The number of rotatable bonds is 0. The van der Waals surface area contributed by atoms with Crippen LogP contribution < -0.4 is 0 Å². The minimum absolute atomic E-state index is 0.0849. The van der Waals surface area contributed by atoms with Gasteiger partial charge in [0.2, 0.25) is 0 Å². The van der Waals surface area contributed by atoms with E-state index >= 15 is 0 Å². The number of aliphatic hydroxyl groups is 1. The number of tetrazole rings is 1. The molecule has 6 nitrogen and oxygen atoms in total. The Hall–Kier alpha value is -1.56. The van der Waals surface area contributed by atoms with E-state index in [1.54, 1.807) is 4.52 Å². The van der Waals surface area contributed by atoms with Crippen LogP contribution in [0.4, 0.5) is 0 Å². The van der Waals surface area contributed by atoms with Crippen LogP contribution in [0.5, 0.6) is 0 Å². The smallest absolute Gasteiger partial charge is 0.273 e. The van der Waals surface area contributed by atoms with E-state index < -0.39 is 0 Å². The van der Waals surface area contributed by atoms with Crippen LogP contribution in [-0.4, -0.2) is 36.2 Å². The van der Waals surface area contributed by atoms with Gasteiger partial charge in [0.1, 0.15) is 0 Å². The molecule has 144 valence electrons. The minimum Gasteiger partial charge on any atom is -0.393 e. The lowest BCUT2D eigenvalue weighted by Gasteiger charge is -2.60. The van der Waals surface area contributed by atoms with Crippen molar-refractivity contribution in [3.63, 3.8) is 0 Å². The van der Waals surface area contributed by atoms with Gasteiger partial charge >= 0.3 is 0 Å². The van der Waals surface area contributed by atoms with E-state index in [2.05, 4.69) is 35.6 Å². The normalized spacial score (nSPS) is 45.8. The maximum Gasteiger partial charge on any atom is 0.273 e. The minimum atomic E-state index is -0.0849. The maximum absolute atomic E-state index is 10.7. The molecular weight excluding hydrogens is 338 g/mol. The molecule has 0 saturated heterocycles. The fraction of sp³-hybridized carbons (Fsp3) is 0.810. The second-order valence-electron chi connectivity index (χ2n) is 10.3. The zero-order chi connectivity index (χ0) is 18.4. The first kappa shape index (κ1) is 16.4. The van der Waals surface area contributed by atoms with Gasteiger partial charge in [-0.1, -0.05) is 18.9 Å². The van der Waals surface area contributed by atoms with E-state index in [1.165, 1.54) is 43.4 Å². The van der Waals surface area contributed by atoms with E-state index in [-0.39, 0.29) is 11.5 Å². The second-order valence-corrected chi connectivity index (χ2v) is 10.3. The summed E-state index contributed by atoms with van der Waals surface area (Å²) in [4.78, 5) is 4.77. The molecule has 2 heterocycles. The summed E-state index contributed by atoms with van der Waals surface area (Å²) in [5.41, 5.74) is 3.06. The Bertz CT molecular complexity index is 911. The fourth-order valence-corrected chi connectivity index (χ4v) is 7.85. The molecule has 2 aromatic heterocycles. The van der Waals surface area contributed by atoms with Crippen LogP contribution in [0.3, 0.4) is 0 Å². The zero-order valence-electron chi connectivity index (χ0n) is 16.3. The van der Waals surface area contributed by atoms with Gasteiger partial charge in [0.15, 0.2) is 0 Å². The molecule has 0 radical (unpaired) electrons. The van der Waals surface area contributed by atoms with Gasteiger partial charge in [0.05, 0.1) is 6.10 Å². The van der Waals surface area contributed by atoms with Gasteiger partial charge < -0.3 is 5.11 Å². The predicted octanol–water partition coefficient (Wildman–Crippen LogP) is 2.84. The first-order valence-electron chi connectivity index (χ1n) is 10.7. The van der Waals surface area contributed by atoms with Gasteiger partial charge in [-0.15, -0.1) is 0 Å². The Morgan fingerprint density at radius 2 is 1.93 bits per heavy atom. The number of hydrogen-bond acceptors (Lipinski definition) is 5. The van der Waals surface area contributed by atoms with Gasteiger partial charge in [-0.2, -0.15) is 4.52 Å². The third kappa shape index (κ3) is 2.05. The van der Waals surface area contributed by atoms with E-state index in [1.807, 2.05) is 0 Å². The average Bonchev–Trinajstić information content (AvgIpc) is 3.21. The highest BCUT2D eigenvalue weighted by molar-refractivity contribution is 5.34. The number of hydrogen-bond donors (Lipinski definition) is 1. The second kappa shape index (κ2) is 5.28. The lowest BCUT2D eigenvalue weighted by Crippen LogP contribution is -2.54. The number of nitrogens with zero attached hydrogens (tertiary/aromatic N) is 5. The van der Waals surface area contributed by atoms with Crippen molar-refractivity contribution in [1.82, 2.24) is 25.0 Å². The van der Waals surface area contributed by atoms with Crippen molar-refractivity contribution in [3.8, 4) is 0 Å². The monoisotopic (exact) mass is 367 g/mol. The summed E-state index contributed by atoms with van der Waals surface area (Å²) in [6.45, 7) is 4.92. The van der Waals surface area contributed by atoms with Crippen molar-refractivity contribution in [2.24, 2.45) is 34.5 Å². The molecule has 4 aliphatic rings. The third-order valence-electron chi connectivity index (χ3n) is 9.39. The van der Waals surface area contributed by atoms with Crippen LogP contribution in [-0.2, 0) is 12.8 Å². The van der Waals surface area contributed by atoms with Crippen molar-refractivity contribution < 1.29 is 5.11 Å². The molecule has 0 aliphatic heterocycles. The molecule has 3 saturated carbocycles. The van der Waals surface area contributed by atoms with Crippen LogP contribution in [0.25, 0.3) is 5.78 Å². The fourth-order valence-electron chi connectivity index (χ4n) is 7.85. The van der Waals surface area contributed by atoms with Crippen molar-refractivity contribution >= 4 is 5.78 Å². The van der Waals surface area contributed by atoms with Gasteiger partial charge in [-0.05, 0) is 102 Å². The summed E-state index contributed by atoms with van der Waals surface area (Å²) in [6.07, 6.45) is 11.5. The lowest BCUT2D eigenvalue weighted by molar-refractivity contribution is -0.111. The van der Waals surface area contributed by atoms with Crippen LogP contribution in [0.15, 0.2) is 6.20 Å². The summed E-state index contributed by atoms with van der Waals surface area (Å²) in [7, 11) is 0. The highest BCUT2D eigenvalue weighted by atomic mass is 16.3. The first-order chi connectivity index (χ1) is 13.0. The number of fused-ring (bicyclic) bond motifs is 7. The Labute approximate surface area is 159 Å². The SMILES string of the molecule is C[C@]12Cc3cn4nnnc4nc3C[C@@H]1CC[C@H]1[C@H]2CC[C@]2(C)[C@@H](O)CC[C@@H]12. The Morgan fingerprint density at radius 3 is 2.81 bits per heavy atom. The van der Waals surface area contributed by atoms with Crippen LogP contribution in [0, 0.1) is 34.5 Å². The molecule has 1 N–H and O–H groups in total. The number of aliphatic hydroxyl groups excluding tert-OH is 1. The van der Waals surface area contributed by atoms with Crippen molar-refractivity contribution in [1.29, 1.82) is 0 Å². The molecule has 0 bridgehead atoms. The molecule has 2 aromatic rings.